The number of nitrogens with one attached hydrogen (secondary N) is 1. The molecule has 2 heterocycles. The van der Waals surface area contributed by atoms with Gasteiger partial charge in [-0.05, 0) is 38.6 Å². The van der Waals surface area contributed by atoms with E-state index in [0.717, 1.165) is 19.4 Å². The molecule has 2 rings (SSSR count). The fraction of sp³-hybridized carbons (Fsp3) is 0.545. The van der Waals surface area contributed by atoms with Crippen molar-refractivity contribution in [3.63, 3.8) is 0 Å². The molecule has 1 aromatic heterocycles. The van der Waals surface area contributed by atoms with Crippen molar-refractivity contribution in [2.45, 2.75) is 25.0 Å². The maximum absolute atomic E-state index is 13.1. The van der Waals surface area contributed by atoms with Gasteiger partial charge in [0.1, 0.15) is 11.3 Å². The first-order chi connectivity index (χ1) is 7.59. The van der Waals surface area contributed by atoms with Gasteiger partial charge >= 0.3 is 0 Å². The molecule has 1 aliphatic rings. The summed E-state index contributed by atoms with van der Waals surface area (Å²) >= 11 is 0. The second-order valence-electron chi connectivity index (χ2n) is 4.32. The smallest absolute Gasteiger partial charge is 0.139 e. The van der Waals surface area contributed by atoms with Crippen molar-refractivity contribution in [1.82, 2.24) is 9.47 Å². The van der Waals surface area contributed by atoms with Gasteiger partial charge in [-0.1, -0.05) is 0 Å². The topological polar surface area (TPSA) is 58.0 Å². The third-order valence-corrected chi connectivity index (χ3v) is 3.23. The van der Waals surface area contributed by atoms with Crippen LogP contribution in [0.1, 0.15) is 19.0 Å². The van der Waals surface area contributed by atoms with Gasteiger partial charge in [0.15, 0.2) is 0 Å². The first-order valence-corrected chi connectivity index (χ1v) is 5.47. The Morgan fingerprint density at radius 3 is 2.94 bits per heavy atom. The average molecular weight is 224 g/mol. The summed E-state index contributed by atoms with van der Waals surface area (Å²) in [5.74, 6) is -0.355. The second kappa shape index (κ2) is 4.35. The van der Waals surface area contributed by atoms with E-state index in [9.17, 15) is 4.39 Å². The summed E-state index contributed by atoms with van der Waals surface area (Å²) in [7, 11) is 2.01. The van der Waals surface area contributed by atoms with Crippen molar-refractivity contribution < 1.29 is 4.39 Å². The molecule has 3 N–H and O–H groups in total. The van der Waals surface area contributed by atoms with E-state index in [-0.39, 0.29) is 23.5 Å². The fourth-order valence-electron chi connectivity index (χ4n) is 2.29. The molecule has 1 saturated heterocycles. The highest BCUT2D eigenvalue weighted by atomic mass is 19.1. The minimum Gasteiger partial charge on any atom is -0.313 e. The Hall–Kier alpha value is -1.20. The zero-order valence-corrected chi connectivity index (χ0v) is 9.36. The van der Waals surface area contributed by atoms with Gasteiger partial charge in [0.05, 0.1) is 6.17 Å². The lowest BCUT2D eigenvalue weighted by Gasteiger charge is -2.27. The number of pyridine rings is 1. The van der Waals surface area contributed by atoms with Crippen LogP contribution >= 0.6 is 0 Å². The lowest BCUT2D eigenvalue weighted by molar-refractivity contribution is 0.226. The molecule has 1 unspecified atom stereocenters. The van der Waals surface area contributed by atoms with Crippen LogP contribution in [-0.2, 0) is 0 Å². The Kier molecular flexibility index (Phi) is 3.07. The zero-order chi connectivity index (χ0) is 11.7. The molecule has 0 saturated carbocycles. The highest BCUT2D eigenvalue weighted by Gasteiger charge is 2.27. The van der Waals surface area contributed by atoms with E-state index in [2.05, 4.69) is 4.90 Å². The number of halogens is 1. The van der Waals surface area contributed by atoms with Crippen LogP contribution in [-0.4, -0.2) is 29.1 Å². The van der Waals surface area contributed by atoms with E-state index in [1.54, 1.807) is 0 Å². The molecule has 88 valence electrons. The number of rotatable bonds is 2. The molecular formula is C11H17FN4. The van der Waals surface area contributed by atoms with Crippen LogP contribution in [0, 0.1) is 11.2 Å². The van der Waals surface area contributed by atoms with E-state index in [1.165, 1.54) is 22.9 Å². The summed E-state index contributed by atoms with van der Waals surface area (Å²) < 4.78 is 14.6. The van der Waals surface area contributed by atoms with Crippen molar-refractivity contribution in [3.8, 4) is 0 Å². The molecule has 0 radical (unpaired) electrons. The third kappa shape index (κ3) is 2.01. The van der Waals surface area contributed by atoms with E-state index in [1.807, 2.05) is 7.05 Å². The van der Waals surface area contributed by atoms with Crippen LogP contribution in [0.25, 0.3) is 0 Å². The number of hydrogen-bond donors (Lipinski definition) is 2. The molecule has 16 heavy (non-hydrogen) atoms. The molecule has 1 fully saturated rings. The minimum atomic E-state index is -0.355. The number of nitrogens with two attached hydrogens (primary N) is 1. The minimum absolute atomic E-state index is 0.191. The van der Waals surface area contributed by atoms with Crippen LogP contribution in [0.4, 0.5) is 4.39 Å². The van der Waals surface area contributed by atoms with Gasteiger partial charge < -0.3 is 15.2 Å². The van der Waals surface area contributed by atoms with E-state index in [0.29, 0.717) is 0 Å². The summed E-state index contributed by atoms with van der Waals surface area (Å²) in [5, 5.41) is 7.73. The van der Waals surface area contributed by atoms with Crippen molar-refractivity contribution >= 4 is 0 Å². The van der Waals surface area contributed by atoms with Crippen molar-refractivity contribution in [1.29, 1.82) is 5.41 Å². The lowest BCUT2D eigenvalue weighted by Crippen LogP contribution is -2.43. The first-order valence-electron chi connectivity index (χ1n) is 5.47. The number of likely N-dealkylation sites (tertiary alicyclic amines) is 1. The highest BCUT2D eigenvalue weighted by molar-refractivity contribution is 4.98. The second-order valence-corrected chi connectivity index (χ2v) is 4.32. The molecule has 0 bridgehead atoms. The molecular weight excluding hydrogens is 207 g/mol. The van der Waals surface area contributed by atoms with Gasteiger partial charge in [0.25, 0.3) is 0 Å². The van der Waals surface area contributed by atoms with E-state index in [4.69, 9.17) is 11.1 Å². The van der Waals surface area contributed by atoms with Crippen LogP contribution in [0.3, 0.4) is 0 Å². The fourth-order valence-corrected chi connectivity index (χ4v) is 2.29. The molecule has 0 aliphatic carbocycles. The number of hydrogen-bond acceptors (Lipinski definition) is 3. The summed E-state index contributed by atoms with van der Waals surface area (Å²) in [6, 6.07) is 2.91. The van der Waals surface area contributed by atoms with Crippen molar-refractivity contribution in [2.24, 2.45) is 5.73 Å². The number of nitrogens with zero attached hydrogens (tertiary/aromatic N) is 2. The van der Waals surface area contributed by atoms with Gasteiger partial charge in [-0.2, -0.15) is 0 Å². The summed E-state index contributed by atoms with van der Waals surface area (Å²) in [4.78, 5) is 2.17. The Bertz CT molecular complexity index is 428. The SMILES string of the molecule is CN1CCC[C@H]1C(N)n1cc(F)ccc1=N. The van der Waals surface area contributed by atoms with Crippen molar-refractivity contribution in [2.75, 3.05) is 13.6 Å². The summed E-state index contributed by atoms with van der Waals surface area (Å²) in [5.41, 5.74) is 6.34. The molecule has 1 aliphatic heterocycles. The first kappa shape index (κ1) is 11.3. The zero-order valence-electron chi connectivity index (χ0n) is 9.36. The third-order valence-electron chi connectivity index (χ3n) is 3.23. The standard InChI is InChI=1S/C11H17FN4/c1-15-6-2-3-9(15)11(14)16-7-8(12)4-5-10(16)13/h4-5,7,9,11,13H,2-3,6,14H2,1H3/t9-,11?/m0/s1. The van der Waals surface area contributed by atoms with Gasteiger partial charge in [-0.25, -0.2) is 4.39 Å². The largest absolute Gasteiger partial charge is 0.313 e. The Morgan fingerprint density at radius 2 is 2.31 bits per heavy atom. The lowest BCUT2D eigenvalue weighted by atomic mass is 10.1. The van der Waals surface area contributed by atoms with Crippen LogP contribution in [0.5, 0.6) is 0 Å². The quantitative estimate of drug-likeness (QED) is 0.775. The van der Waals surface area contributed by atoms with Gasteiger partial charge in [0, 0.05) is 12.2 Å². The monoisotopic (exact) mass is 224 g/mol. The molecule has 0 aromatic carbocycles. The molecule has 2 atom stereocenters. The van der Waals surface area contributed by atoms with Gasteiger partial charge in [0.2, 0.25) is 0 Å². The maximum atomic E-state index is 13.1. The average Bonchev–Trinajstić information content (AvgIpc) is 2.67. The Labute approximate surface area is 94.0 Å². The van der Waals surface area contributed by atoms with Crippen LogP contribution in [0.2, 0.25) is 0 Å². The predicted octanol–water partition coefficient (Wildman–Crippen LogP) is 0.658. The summed E-state index contributed by atoms with van der Waals surface area (Å²) in [6.07, 6.45) is 3.06. The van der Waals surface area contributed by atoms with Crippen LogP contribution in [0.15, 0.2) is 18.3 Å². The van der Waals surface area contributed by atoms with E-state index < -0.39 is 0 Å². The van der Waals surface area contributed by atoms with Gasteiger partial charge in [-0.15, -0.1) is 0 Å². The van der Waals surface area contributed by atoms with Gasteiger partial charge in [-0.3, -0.25) is 5.41 Å². The Morgan fingerprint density at radius 1 is 1.56 bits per heavy atom. The molecule has 0 spiro atoms. The highest BCUT2D eigenvalue weighted by Crippen LogP contribution is 2.21. The van der Waals surface area contributed by atoms with Crippen molar-refractivity contribution in [3.05, 3.63) is 29.6 Å². The summed E-state index contributed by atoms with van der Waals surface area (Å²) in [6.45, 7) is 1.02. The number of likely N-dealkylation sites (N-methyl/N-ethyl adjacent to an activating group) is 1. The number of aromatic nitrogens is 1. The molecule has 5 heteroatoms. The normalized spacial score (nSPS) is 23.6. The molecule has 1 aromatic rings. The van der Waals surface area contributed by atoms with Crippen LogP contribution < -0.4 is 11.2 Å². The Balaban J connectivity index is 2.29. The maximum Gasteiger partial charge on any atom is 0.139 e. The molecule has 0 amide bonds. The predicted molar refractivity (Wildman–Crippen MR) is 59.1 cm³/mol. The van der Waals surface area contributed by atoms with E-state index >= 15 is 0 Å². The molecule has 4 nitrogen and oxygen atoms in total.